The van der Waals surface area contributed by atoms with Crippen molar-refractivity contribution >= 4 is 65.0 Å². The Balaban J connectivity index is 1.40. The lowest BCUT2D eigenvalue weighted by Crippen LogP contribution is -1.92. The molecule has 49 heavy (non-hydrogen) atoms. The SMILES string of the molecule is [2H]c1c([2H])c(-c2c3c([2H])c([2H])c([2H])c([2H])c3c(-c3c([2H])c(C)c4c([2H])c([2H])c([2H])c([2H])c4c3[2H])c3c([2H])c(C)c([2H])c([2H])c23)c([2H])c([2H])c1-c1c([2H])c([2H])c2oc3c([2H])c4c([2H])c([2H])c([2H])c([2H])c4c([2H])c3c2c1[2H]. The molecule has 0 atom stereocenters. The van der Waals surface area contributed by atoms with E-state index in [4.69, 9.17) is 25.0 Å². The van der Waals surface area contributed by atoms with Gasteiger partial charge >= 0.3 is 0 Å². The summed E-state index contributed by atoms with van der Waals surface area (Å²) in [6.07, 6.45) is 0. The minimum absolute atomic E-state index is 0.101. The molecule has 0 radical (unpaired) electrons. The number of aryl methyl sites for hydroxylation is 1. The van der Waals surface area contributed by atoms with Crippen LogP contribution in [0.3, 0.4) is 0 Å². The van der Waals surface area contributed by atoms with Crippen molar-refractivity contribution in [2.75, 3.05) is 0 Å². The molecule has 0 aliphatic carbocycles. The molecule has 230 valence electrons. The molecule has 1 heterocycles. The number of hydrogen-bond donors (Lipinski definition) is 0. The van der Waals surface area contributed by atoms with E-state index in [1.807, 2.05) is 0 Å². The van der Waals surface area contributed by atoms with Gasteiger partial charge in [-0.25, -0.2) is 0 Å². The minimum Gasteiger partial charge on any atom is -0.456 e. The van der Waals surface area contributed by atoms with Gasteiger partial charge < -0.3 is 4.42 Å². The van der Waals surface area contributed by atoms with Crippen LogP contribution in [0.1, 0.15) is 46.8 Å². The lowest BCUT2D eigenvalue weighted by atomic mass is 9.84. The first-order valence-electron chi connectivity index (χ1n) is 27.9. The first kappa shape index (κ1) is 12.4. The molecule has 0 aliphatic rings. The summed E-state index contributed by atoms with van der Waals surface area (Å²) in [4.78, 5) is 0. The predicted molar refractivity (Wildman–Crippen MR) is 210 cm³/mol. The Kier molecular flexibility index (Phi) is 2.69. The van der Waals surface area contributed by atoms with Crippen LogP contribution in [0.5, 0.6) is 0 Å². The number of furan rings is 1. The van der Waals surface area contributed by atoms with Crippen molar-refractivity contribution < 1.29 is 40.1 Å². The van der Waals surface area contributed by atoms with Crippen LogP contribution >= 0.6 is 0 Å². The highest BCUT2D eigenvalue weighted by molar-refractivity contribution is 6.22. The van der Waals surface area contributed by atoms with Crippen molar-refractivity contribution in [3.8, 4) is 33.4 Å². The molecular formula is C48H32O. The first-order chi connectivity index (χ1) is 35.0. The molecule has 0 saturated heterocycles. The summed E-state index contributed by atoms with van der Waals surface area (Å²) >= 11 is 0. The maximum Gasteiger partial charge on any atom is 0.136 e. The van der Waals surface area contributed by atoms with Crippen LogP contribution in [-0.2, 0) is 0 Å². The summed E-state index contributed by atoms with van der Waals surface area (Å²) in [5.41, 5.74) is -5.19. The van der Waals surface area contributed by atoms with Gasteiger partial charge in [0.15, 0.2) is 0 Å². The Morgan fingerprint density at radius 1 is 0.367 bits per heavy atom. The summed E-state index contributed by atoms with van der Waals surface area (Å²) in [7, 11) is 0. The largest absolute Gasteiger partial charge is 0.456 e. The molecule has 10 rings (SSSR count). The zero-order valence-electron chi connectivity index (χ0n) is 51.4. The molecule has 1 nitrogen and oxygen atoms in total. The van der Waals surface area contributed by atoms with Crippen LogP contribution in [0.15, 0.2) is 162 Å². The third-order valence-electron chi connectivity index (χ3n) is 8.26. The monoisotopic (exact) mass is 650 g/mol. The average molecular weight is 651 g/mol. The Bertz CT molecular complexity index is 4330. The van der Waals surface area contributed by atoms with Gasteiger partial charge in [-0.2, -0.15) is 0 Å². The molecule has 9 aromatic carbocycles. The van der Waals surface area contributed by atoms with Gasteiger partial charge in [-0.15, -0.1) is 0 Å². The number of rotatable bonds is 3. The lowest BCUT2D eigenvalue weighted by molar-refractivity contribution is 0.669. The fourth-order valence-corrected chi connectivity index (χ4v) is 6.08. The fourth-order valence-electron chi connectivity index (χ4n) is 6.08. The van der Waals surface area contributed by atoms with E-state index >= 15 is 0 Å². The van der Waals surface area contributed by atoms with Gasteiger partial charge in [0.2, 0.25) is 0 Å². The summed E-state index contributed by atoms with van der Waals surface area (Å²) in [5, 5.41) is -4.48. The van der Waals surface area contributed by atoms with Crippen LogP contribution in [0.4, 0.5) is 0 Å². The maximum absolute atomic E-state index is 9.65. The van der Waals surface area contributed by atoms with Crippen molar-refractivity contribution in [3.63, 3.8) is 0 Å². The molecular weight excluding hydrogens is 593 g/mol. The first-order valence-corrected chi connectivity index (χ1v) is 14.9. The summed E-state index contributed by atoms with van der Waals surface area (Å²) < 4.78 is 241. The van der Waals surface area contributed by atoms with Crippen molar-refractivity contribution in [3.05, 3.63) is 168 Å². The molecule has 0 N–H and O–H groups in total. The molecule has 0 spiro atoms. The number of benzene rings is 9. The van der Waals surface area contributed by atoms with E-state index in [1.165, 1.54) is 13.8 Å². The van der Waals surface area contributed by atoms with Gasteiger partial charge in [-0.1, -0.05) is 132 Å². The van der Waals surface area contributed by atoms with Crippen LogP contribution in [0, 0.1) is 13.8 Å². The molecule has 0 bridgehead atoms. The number of fused-ring (bicyclic) bond motifs is 7. The van der Waals surface area contributed by atoms with Crippen LogP contribution in [0.2, 0.25) is 0 Å². The molecule has 0 amide bonds. The Labute approximate surface area is 321 Å². The van der Waals surface area contributed by atoms with Gasteiger partial charge in [0.1, 0.15) is 11.2 Å². The second kappa shape index (κ2) is 10.7. The van der Waals surface area contributed by atoms with Gasteiger partial charge in [-0.3, -0.25) is 0 Å². The third kappa shape index (κ3) is 4.40. The zero-order valence-corrected chi connectivity index (χ0v) is 25.4. The summed E-state index contributed by atoms with van der Waals surface area (Å²) in [6, 6.07) is -20.3. The molecule has 10 aromatic rings. The minimum atomic E-state index is -1.02. The summed E-state index contributed by atoms with van der Waals surface area (Å²) in [6.45, 7) is 2.63. The molecule has 0 fully saturated rings. The van der Waals surface area contributed by atoms with Crippen LogP contribution < -0.4 is 0 Å². The normalized spacial score (nSPS) is 19.3. The maximum atomic E-state index is 9.65. The summed E-state index contributed by atoms with van der Waals surface area (Å²) in [5.74, 6) is 0. The smallest absolute Gasteiger partial charge is 0.136 e. The van der Waals surface area contributed by atoms with Crippen LogP contribution in [-0.4, -0.2) is 0 Å². The Morgan fingerprint density at radius 2 is 0.959 bits per heavy atom. The van der Waals surface area contributed by atoms with Gasteiger partial charge in [0.05, 0.1) is 35.6 Å². The zero-order chi connectivity index (χ0) is 55.3. The second-order valence-corrected chi connectivity index (χ2v) is 11.3. The van der Waals surface area contributed by atoms with Gasteiger partial charge in [-0.05, 0) is 126 Å². The van der Waals surface area contributed by atoms with E-state index in [0.717, 1.165) is 0 Å². The standard InChI is InChI=1S/C48H32O/c1-29-15-21-41-44(23-29)48(37-24-30(2)38-12-6-5-11-36(38)25-37)40-14-8-7-13-39(40)47(41)32-18-16-31(17-19-32)35-20-22-45-42(27-35)43-26-33-9-3-4-10-34(33)28-46(43)49-45/h3-28H,1-2H3/i3D,4D,5D,6D,7D,8D,9D,10D,11D,12D,13D,14D,15D,16D,17D,18D,19D,20D,21D,22D,23D,24D,25D,26D,27D,28D. The highest BCUT2D eigenvalue weighted by atomic mass is 16.3. The van der Waals surface area contributed by atoms with Crippen molar-refractivity contribution in [2.24, 2.45) is 0 Å². The molecule has 0 aliphatic heterocycles. The Hall–Kier alpha value is -6.18. The molecule has 0 saturated carbocycles. The Morgan fingerprint density at radius 3 is 1.73 bits per heavy atom. The highest BCUT2D eigenvalue weighted by Crippen LogP contribution is 2.45. The topological polar surface area (TPSA) is 13.1 Å². The number of hydrogen-bond acceptors (Lipinski definition) is 1. The predicted octanol–water partition coefficient (Wildman–Crippen LogP) is 13.8. The van der Waals surface area contributed by atoms with E-state index in [-0.39, 0.29) is 16.5 Å². The van der Waals surface area contributed by atoms with E-state index in [2.05, 4.69) is 0 Å². The van der Waals surface area contributed by atoms with Crippen LogP contribution in [0.25, 0.3) is 98.4 Å². The van der Waals surface area contributed by atoms with Gasteiger partial charge in [0, 0.05) is 10.8 Å². The van der Waals surface area contributed by atoms with Crippen molar-refractivity contribution in [1.82, 2.24) is 0 Å². The molecule has 1 heteroatoms. The lowest BCUT2D eigenvalue weighted by Gasteiger charge is -2.19. The molecule has 0 unspecified atom stereocenters. The fraction of sp³-hybridized carbons (Fsp3) is 0.0417. The van der Waals surface area contributed by atoms with E-state index in [0.29, 0.717) is 0 Å². The highest BCUT2D eigenvalue weighted by Gasteiger charge is 2.18. The van der Waals surface area contributed by atoms with Crippen molar-refractivity contribution in [1.29, 1.82) is 0 Å². The van der Waals surface area contributed by atoms with Gasteiger partial charge in [0.25, 0.3) is 0 Å². The van der Waals surface area contributed by atoms with E-state index in [9.17, 15) is 15.1 Å². The average Bonchev–Trinajstić information content (AvgIpc) is 3.80. The second-order valence-electron chi connectivity index (χ2n) is 11.3. The molecule has 1 aromatic heterocycles. The third-order valence-corrected chi connectivity index (χ3v) is 8.26. The van der Waals surface area contributed by atoms with E-state index < -0.39 is 250 Å². The van der Waals surface area contributed by atoms with E-state index in [1.54, 1.807) is 0 Å². The quantitative estimate of drug-likeness (QED) is 0.173. The van der Waals surface area contributed by atoms with Crippen molar-refractivity contribution in [2.45, 2.75) is 13.8 Å².